The normalized spacial score (nSPS) is 11.3. The van der Waals surface area contributed by atoms with E-state index in [0.29, 0.717) is 5.56 Å². The van der Waals surface area contributed by atoms with Crippen molar-refractivity contribution in [3.63, 3.8) is 0 Å². The number of allylic oxidation sites excluding steroid dienone is 1. The molecule has 0 unspecified atom stereocenters. The third-order valence-corrected chi connectivity index (χ3v) is 4.36. The minimum atomic E-state index is -0.542. The van der Waals surface area contributed by atoms with Gasteiger partial charge < -0.3 is 5.11 Å². The Balaban J connectivity index is 2.51. The smallest absolute Gasteiger partial charge is 0.347 e. The number of aryl methyl sites for hydroxylation is 1. The molecule has 0 atom stereocenters. The lowest BCUT2D eigenvalue weighted by molar-refractivity contribution is -0.380. The lowest BCUT2D eigenvalue weighted by Crippen LogP contribution is -1.86. The summed E-state index contributed by atoms with van der Waals surface area (Å²) in [5.41, 5.74) is 0.854. The number of halogens is 2. The van der Waals surface area contributed by atoms with Gasteiger partial charge in [-0.3, -0.25) is 10.1 Å². The van der Waals surface area contributed by atoms with Crippen molar-refractivity contribution in [2.45, 2.75) is 6.92 Å². The van der Waals surface area contributed by atoms with E-state index in [2.05, 4.69) is 4.98 Å². The number of hydrogen-bond acceptors (Lipinski definition) is 6. The molecule has 0 saturated carbocycles. The van der Waals surface area contributed by atoms with Crippen molar-refractivity contribution in [3.8, 4) is 11.8 Å². The molecule has 0 aliphatic carbocycles. The molecule has 1 aromatic heterocycles. The Labute approximate surface area is 139 Å². The van der Waals surface area contributed by atoms with Crippen LogP contribution in [-0.4, -0.2) is 15.0 Å². The van der Waals surface area contributed by atoms with E-state index in [1.54, 1.807) is 0 Å². The average Bonchev–Trinajstić information content (AvgIpc) is 2.84. The van der Waals surface area contributed by atoms with Gasteiger partial charge in [-0.25, -0.2) is 4.98 Å². The van der Waals surface area contributed by atoms with E-state index in [0.717, 1.165) is 11.3 Å². The zero-order chi connectivity index (χ0) is 16.4. The highest BCUT2D eigenvalue weighted by Crippen LogP contribution is 2.35. The van der Waals surface area contributed by atoms with Crippen LogP contribution in [0.5, 0.6) is 5.75 Å². The number of benzene rings is 1. The average molecular weight is 356 g/mol. The molecule has 1 N–H and O–H groups in total. The summed E-state index contributed by atoms with van der Waals surface area (Å²) in [6.45, 7) is 1.50. The van der Waals surface area contributed by atoms with Crippen molar-refractivity contribution in [2.75, 3.05) is 0 Å². The molecule has 2 aromatic rings. The molecule has 0 radical (unpaired) electrons. The zero-order valence-electron chi connectivity index (χ0n) is 11.0. The molecule has 1 aromatic carbocycles. The molecule has 9 heteroatoms. The summed E-state index contributed by atoms with van der Waals surface area (Å²) in [5, 5.41) is 29.8. The van der Waals surface area contributed by atoms with Gasteiger partial charge in [0.15, 0.2) is 5.75 Å². The van der Waals surface area contributed by atoms with Gasteiger partial charge in [0.2, 0.25) is 0 Å². The first kappa shape index (κ1) is 16.2. The maximum absolute atomic E-state index is 10.8. The lowest BCUT2D eigenvalue weighted by atomic mass is 10.1. The van der Waals surface area contributed by atoms with E-state index in [4.69, 9.17) is 23.2 Å². The van der Waals surface area contributed by atoms with Crippen LogP contribution in [0.25, 0.3) is 11.6 Å². The first-order valence-electron chi connectivity index (χ1n) is 5.75. The third-order valence-electron chi connectivity index (χ3n) is 2.64. The van der Waals surface area contributed by atoms with Crippen LogP contribution in [0.2, 0.25) is 10.0 Å². The van der Waals surface area contributed by atoms with Crippen molar-refractivity contribution in [1.82, 2.24) is 4.98 Å². The topological polar surface area (TPSA) is 100 Å². The number of aromatic hydroxyl groups is 1. The molecule has 22 heavy (non-hydrogen) atoms. The molecular formula is C13H7Cl2N3O3S. The second kappa shape index (κ2) is 6.32. The monoisotopic (exact) mass is 355 g/mol. The van der Waals surface area contributed by atoms with Crippen molar-refractivity contribution < 1.29 is 10.0 Å². The highest BCUT2D eigenvalue weighted by atomic mass is 35.5. The summed E-state index contributed by atoms with van der Waals surface area (Å²) < 4.78 is 0. The van der Waals surface area contributed by atoms with E-state index >= 15 is 0 Å². The van der Waals surface area contributed by atoms with Gasteiger partial charge in [-0.15, -0.1) is 0 Å². The number of rotatable bonds is 3. The van der Waals surface area contributed by atoms with Crippen LogP contribution < -0.4 is 0 Å². The van der Waals surface area contributed by atoms with Crippen molar-refractivity contribution in [1.29, 1.82) is 5.26 Å². The zero-order valence-corrected chi connectivity index (χ0v) is 13.3. The fourth-order valence-electron chi connectivity index (χ4n) is 1.65. The molecular weight excluding hydrogens is 349 g/mol. The number of nitro groups is 1. The Bertz CT molecular complexity index is 817. The summed E-state index contributed by atoms with van der Waals surface area (Å²) in [5.74, 6) is -0.250. The highest BCUT2D eigenvalue weighted by molar-refractivity contribution is 7.16. The van der Waals surface area contributed by atoms with Crippen LogP contribution in [0.4, 0.5) is 5.00 Å². The number of thiazole rings is 1. The van der Waals surface area contributed by atoms with E-state index in [9.17, 15) is 20.5 Å². The molecule has 0 saturated heterocycles. The minimum absolute atomic E-state index is 0.0392. The molecule has 0 spiro atoms. The lowest BCUT2D eigenvalue weighted by Gasteiger charge is -2.02. The van der Waals surface area contributed by atoms with E-state index < -0.39 is 4.92 Å². The first-order chi connectivity index (χ1) is 10.3. The number of phenolic OH excluding ortho intramolecular Hbond substituents is 1. The summed E-state index contributed by atoms with van der Waals surface area (Å²) in [6.07, 6.45) is 1.44. The second-order valence-electron chi connectivity index (χ2n) is 4.17. The number of hydrogen-bond donors (Lipinski definition) is 1. The second-order valence-corrected chi connectivity index (χ2v) is 5.96. The Morgan fingerprint density at radius 2 is 2.09 bits per heavy atom. The molecule has 112 valence electrons. The van der Waals surface area contributed by atoms with E-state index in [1.165, 1.54) is 25.1 Å². The molecule has 0 bridgehead atoms. The number of aromatic nitrogens is 1. The minimum Gasteiger partial charge on any atom is -0.505 e. The standard InChI is InChI=1S/C13H7Cl2N3O3S/c1-6-13(18(20)21)22-12(17-6)8(5-16)2-7-3-9(14)11(19)10(15)4-7/h2-4,19H,1H3/b8-2+. The van der Waals surface area contributed by atoms with Gasteiger partial charge in [0.05, 0.1) is 20.5 Å². The van der Waals surface area contributed by atoms with Crippen LogP contribution in [0.1, 0.15) is 16.3 Å². The third kappa shape index (κ3) is 3.20. The summed E-state index contributed by atoms with van der Waals surface area (Å²) >= 11 is 12.4. The molecule has 1 heterocycles. The van der Waals surface area contributed by atoms with Crippen LogP contribution in [0.15, 0.2) is 12.1 Å². The number of nitriles is 1. The van der Waals surface area contributed by atoms with Gasteiger partial charge in [-0.1, -0.05) is 23.2 Å². The molecule has 0 amide bonds. The molecule has 2 rings (SSSR count). The van der Waals surface area contributed by atoms with Gasteiger partial charge in [-0.2, -0.15) is 5.26 Å². The summed E-state index contributed by atoms with van der Waals surface area (Å²) in [4.78, 5) is 14.3. The van der Waals surface area contributed by atoms with Crippen LogP contribution in [0.3, 0.4) is 0 Å². The Hall–Kier alpha value is -2.14. The summed E-state index contributed by atoms with van der Waals surface area (Å²) in [7, 11) is 0. The maximum Gasteiger partial charge on any atom is 0.347 e. The molecule has 6 nitrogen and oxygen atoms in total. The summed E-state index contributed by atoms with van der Waals surface area (Å²) in [6, 6.07) is 4.79. The van der Waals surface area contributed by atoms with E-state index in [1.807, 2.05) is 6.07 Å². The van der Waals surface area contributed by atoms with Gasteiger partial charge in [0.1, 0.15) is 16.8 Å². The molecule has 0 aliphatic heterocycles. The predicted molar refractivity (Wildman–Crippen MR) is 85.1 cm³/mol. The quantitative estimate of drug-likeness (QED) is 0.498. The van der Waals surface area contributed by atoms with Crippen molar-refractivity contribution in [2.24, 2.45) is 0 Å². The number of phenols is 1. The fraction of sp³-hybridized carbons (Fsp3) is 0.0769. The Morgan fingerprint density at radius 1 is 1.50 bits per heavy atom. The van der Waals surface area contributed by atoms with Crippen LogP contribution in [-0.2, 0) is 0 Å². The molecule has 0 fully saturated rings. The predicted octanol–water partition coefficient (Wildman–Crippen LogP) is 4.44. The van der Waals surface area contributed by atoms with Crippen LogP contribution in [0, 0.1) is 28.4 Å². The fourth-order valence-corrected chi connectivity index (χ4v) is 3.00. The first-order valence-corrected chi connectivity index (χ1v) is 7.32. The maximum atomic E-state index is 10.8. The van der Waals surface area contributed by atoms with Crippen LogP contribution >= 0.6 is 34.5 Å². The Morgan fingerprint density at radius 3 is 2.55 bits per heavy atom. The van der Waals surface area contributed by atoms with Crippen molar-refractivity contribution >= 4 is 51.2 Å². The van der Waals surface area contributed by atoms with Gasteiger partial charge in [0.25, 0.3) is 0 Å². The largest absolute Gasteiger partial charge is 0.505 e. The Kier molecular flexibility index (Phi) is 4.66. The van der Waals surface area contributed by atoms with Gasteiger partial charge in [0, 0.05) is 0 Å². The van der Waals surface area contributed by atoms with Gasteiger partial charge in [-0.05, 0) is 42.0 Å². The molecule has 0 aliphatic rings. The SMILES string of the molecule is Cc1nc(/C(C#N)=C/c2cc(Cl)c(O)c(Cl)c2)sc1[N+](=O)[O-]. The van der Waals surface area contributed by atoms with Gasteiger partial charge >= 0.3 is 5.00 Å². The van der Waals surface area contributed by atoms with Crippen molar-refractivity contribution in [3.05, 3.63) is 48.6 Å². The number of nitrogens with zero attached hydrogens (tertiary/aromatic N) is 3. The highest BCUT2D eigenvalue weighted by Gasteiger charge is 2.20. The van der Waals surface area contributed by atoms with E-state index in [-0.39, 0.29) is 37.1 Å².